The number of unbranched alkanes of at least 4 members (excludes halogenated alkanes) is 1. The molecule has 1 fully saturated rings. The number of nitrogens with one attached hydrogen (secondary N) is 2. The van der Waals surface area contributed by atoms with Crippen LogP contribution >= 0.6 is 0 Å². The molecule has 1 saturated carbocycles. The van der Waals surface area contributed by atoms with Gasteiger partial charge >= 0.3 is 5.69 Å². The number of hydrogen-bond acceptors (Lipinski definition) is 5. The number of rotatable bonds is 8. The highest BCUT2D eigenvalue weighted by molar-refractivity contribution is 5.57. The minimum atomic E-state index is -0.469. The first-order valence-corrected chi connectivity index (χ1v) is 11.8. The largest absolute Gasteiger partial charge is 0.368 e. The lowest BCUT2D eigenvalue weighted by Crippen LogP contribution is -2.36. The molecule has 2 aromatic heterocycles. The van der Waals surface area contributed by atoms with Crippen LogP contribution in [0.4, 0.5) is 0 Å². The highest BCUT2D eigenvalue weighted by Crippen LogP contribution is 2.49. The predicted octanol–water partition coefficient (Wildman–Crippen LogP) is 3.57. The second-order valence-electron chi connectivity index (χ2n) is 9.40. The lowest BCUT2D eigenvalue weighted by atomic mass is 9.78. The fraction of sp³-hybridized carbons (Fsp3) is 0.440. The molecule has 1 aliphatic carbocycles. The number of imidazole rings is 1. The fourth-order valence-corrected chi connectivity index (χ4v) is 5.02. The van der Waals surface area contributed by atoms with Crippen LogP contribution in [-0.4, -0.2) is 29.8 Å². The van der Waals surface area contributed by atoms with Crippen molar-refractivity contribution >= 4 is 0 Å². The Morgan fingerprint density at radius 3 is 2.61 bits per heavy atom. The maximum Gasteiger partial charge on any atom is 0.328 e. The van der Waals surface area contributed by atoms with Gasteiger partial charge in [0.25, 0.3) is 0 Å². The minimum absolute atomic E-state index is 0.0938. The average molecular weight is 446 g/mol. The lowest BCUT2D eigenvalue weighted by molar-refractivity contribution is 0.487. The third-order valence-corrected chi connectivity index (χ3v) is 7.34. The van der Waals surface area contributed by atoms with E-state index in [-0.39, 0.29) is 5.69 Å². The Balaban J connectivity index is 1.58. The highest BCUT2D eigenvalue weighted by atomic mass is 16.1. The Hall–Kier alpha value is -3.42. The highest BCUT2D eigenvalue weighted by Gasteiger charge is 2.46. The molecule has 3 aromatic rings. The van der Waals surface area contributed by atoms with Crippen LogP contribution in [0.1, 0.15) is 50.9 Å². The molecule has 8 nitrogen and oxygen atoms in total. The van der Waals surface area contributed by atoms with E-state index in [0.29, 0.717) is 30.2 Å². The van der Waals surface area contributed by atoms with Gasteiger partial charge in [0.1, 0.15) is 0 Å². The summed E-state index contributed by atoms with van der Waals surface area (Å²) in [5.41, 5.74) is 2.70. The number of aryl methyl sites for hydroxylation is 1. The molecule has 33 heavy (non-hydrogen) atoms. The van der Waals surface area contributed by atoms with Gasteiger partial charge in [-0.25, -0.2) is 4.79 Å². The van der Waals surface area contributed by atoms with Crippen molar-refractivity contribution < 1.29 is 0 Å². The van der Waals surface area contributed by atoms with E-state index in [0.717, 1.165) is 36.1 Å². The monoisotopic (exact) mass is 445 g/mol. The van der Waals surface area contributed by atoms with E-state index in [9.17, 15) is 4.79 Å². The summed E-state index contributed by atoms with van der Waals surface area (Å²) in [5.74, 6) is 1.63. The second kappa shape index (κ2) is 8.50. The molecule has 0 amide bonds. The second-order valence-corrected chi connectivity index (χ2v) is 9.40. The number of allylic oxidation sites excluding steroid dienone is 2. The molecule has 2 unspecified atom stereocenters. The molecule has 0 bridgehead atoms. The average Bonchev–Trinajstić information content (AvgIpc) is 3.22. The van der Waals surface area contributed by atoms with Crippen molar-refractivity contribution in [2.75, 3.05) is 0 Å². The lowest BCUT2D eigenvalue weighted by Gasteiger charge is -2.31. The van der Waals surface area contributed by atoms with Gasteiger partial charge in [-0.05, 0) is 53.9 Å². The summed E-state index contributed by atoms with van der Waals surface area (Å²) in [6.45, 7) is 7.19. The number of aromatic nitrogens is 6. The molecule has 0 saturated heterocycles. The summed E-state index contributed by atoms with van der Waals surface area (Å²) in [7, 11) is 0. The van der Waals surface area contributed by atoms with Crippen LogP contribution in [-0.2, 0) is 18.4 Å². The van der Waals surface area contributed by atoms with Gasteiger partial charge in [-0.1, -0.05) is 57.5 Å². The van der Waals surface area contributed by atoms with Gasteiger partial charge < -0.3 is 5.32 Å². The van der Waals surface area contributed by atoms with E-state index in [2.05, 4.69) is 77.2 Å². The van der Waals surface area contributed by atoms with Crippen LogP contribution < -0.4 is 11.0 Å². The molecular formula is C25H31N7O. The van der Waals surface area contributed by atoms with E-state index >= 15 is 0 Å². The standard InChI is InChI=1S/C25H31N7O/c1-4-5-9-21-15-31(22-17(2)18(22)3)24(33)32(21)16-25(10-12-26-13-11-25)20-8-6-7-19(14-20)23-27-29-30-28-23/h6-8,10-15,17-18,22,26H,4-5,9,16H2,1-3H3,(H,27,28,29,30). The SMILES string of the molecule is CCCCc1cn(C2C(C)C2C)c(=O)n1CC1(c2cccc(-c3nn[nH]n3)c2)C=CNC=C1. The molecule has 1 aliphatic heterocycles. The number of dihydropyridines is 1. The van der Waals surface area contributed by atoms with Gasteiger partial charge in [0.2, 0.25) is 5.82 Å². The van der Waals surface area contributed by atoms with Gasteiger partial charge in [0.15, 0.2) is 0 Å². The fourth-order valence-electron chi connectivity index (χ4n) is 5.02. The van der Waals surface area contributed by atoms with Gasteiger partial charge in [-0.3, -0.25) is 9.13 Å². The molecule has 2 aliphatic rings. The molecule has 0 spiro atoms. The number of nitrogens with zero attached hydrogens (tertiary/aromatic N) is 5. The Morgan fingerprint density at radius 1 is 1.15 bits per heavy atom. The molecule has 3 heterocycles. The maximum atomic E-state index is 13.7. The Bertz CT molecular complexity index is 1210. The van der Waals surface area contributed by atoms with E-state index in [1.165, 1.54) is 0 Å². The van der Waals surface area contributed by atoms with E-state index in [1.807, 2.05) is 33.7 Å². The maximum absolute atomic E-state index is 13.7. The zero-order valence-corrected chi connectivity index (χ0v) is 19.4. The first-order valence-electron chi connectivity index (χ1n) is 11.8. The quantitative estimate of drug-likeness (QED) is 0.553. The van der Waals surface area contributed by atoms with Crippen molar-refractivity contribution in [3.8, 4) is 11.4 Å². The number of hydrogen-bond donors (Lipinski definition) is 2. The van der Waals surface area contributed by atoms with Crippen LogP contribution in [0.15, 0.2) is 59.8 Å². The summed E-state index contributed by atoms with van der Waals surface area (Å²) < 4.78 is 3.98. The number of H-pyrrole nitrogens is 1. The molecule has 172 valence electrons. The molecule has 1 aromatic carbocycles. The van der Waals surface area contributed by atoms with Gasteiger partial charge in [-0.15, -0.1) is 10.2 Å². The molecule has 0 radical (unpaired) electrons. The third-order valence-electron chi connectivity index (χ3n) is 7.34. The molecule has 2 N–H and O–H groups in total. The topological polar surface area (TPSA) is 93.4 Å². The summed E-state index contributed by atoms with van der Waals surface area (Å²) in [6.07, 6.45) is 13.3. The van der Waals surface area contributed by atoms with Crippen molar-refractivity contribution in [1.82, 2.24) is 35.1 Å². The van der Waals surface area contributed by atoms with E-state index in [4.69, 9.17) is 0 Å². The third kappa shape index (κ3) is 3.83. The van der Waals surface area contributed by atoms with Crippen molar-refractivity contribution in [1.29, 1.82) is 0 Å². The number of tetrazole rings is 1. The van der Waals surface area contributed by atoms with Gasteiger partial charge in [0.05, 0.1) is 5.41 Å². The Morgan fingerprint density at radius 2 is 1.94 bits per heavy atom. The summed E-state index contributed by atoms with van der Waals surface area (Å²) >= 11 is 0. The predicted molar refractivity (Wildman–Crippen MR) is 127 cm³/mol. The molecule has 2 atom stereocenters. The van der Waals surface area contributed by atoms with Crippen LogP contribution in [0, 0.1) is 11.8 Å². The number of aromatic amines is 1. The summed E-state index contributed by atoms with van der Waals surface area (Å²) in [6, 6.07) is 8.47. The molecular weight excluding hydrogens is 414 g/mol. The zero-order chi connectivity index (χ0) is 23.0. The van der Waals surface area contributed by atoms with Crippen LogP contribution in [0.3, 0.4) is 0 Å². The smallest absolute Gasteiger partial charge is 0.328 e. The molecule has 5 rings (SSSR count). The van der Waals surface area contributed by atoms with Crippen molar-refractivity contribution in [3.05, 3.63) is 76.8 Å². The number of benzene rings is 1. The van der Waals surface area contributed by atoms with Crippen molar-refractivity contribution in [2.24, 2.45) is 11.8 Å². The van der Waals surface area contributed by atoms with Crippen LogP contribution in [0.5, 0.6) is 0 Å². The van der Waals surface area contributed by atoms with Crippen LogP contribution in [0.25, 0.3) is 11.4 Å². The Labute approximate surface area is 193 Å². The normalized spacial score (nSPS) is 22.9. The van der Waals surface area contributed by atoms with Crippen molar-refractivity contribution in [3.63, 3.8) is 0 Å². The zero-order valence-electron chi connectivity index (χ0n) is 19.4. The van der Waals surface area contributed by atoms with E-state index in [1.54, 1.807) is 0 Å². The van der Waals surface area contributed by atoms with Crippen molar-refractivity contribution in [2.45, 2.75) is 58.0 Å². The summed E-state index contributed by atoms with van der Waals surface area (Å²) in [4.78, 5) is 13.7. The summed E-state index contributed by atoms with van der Waals surface area (Å²) in [5, 5.41) is 17.6. The molecule has 8 heteroatoms. The van der Waals surface area contributed by atoms with Gasteiger partial charge in [0, 0.05) is 30.0 Å². The Kier molecular flexibility index (Phi) is 5.52. The first kappa shape index (κ1) is 21.4. The van der Waals surface area contributed by atoms with Gasteiger partial charge in [-0.2, -0.15) is 5.21 Å². The minimum Gasteiger partial charge on any atom is -0.368 e. The first-order chi connectivity index (χ1) is 16.0. The van der Waals surface area contributed by atoms with E-state index < -0.39 is 5.41 Å². The van der Waals surface area contributed by atoms with Crippen LogP contribution in [0.2, 0.25) is 0 Å².